The number of carbonyl (C=O) groups is 1. The second kappa shape index (κ2) is 5.18. The predicted molar refractivity (Wildman–Crippen MR) is 88.2 cm³/mol. The van der Waals surface area contributed by atoms with Crippen molar-refractivity contribution in [3.8, 4) is 0 Å². The fourth-order valence-corrected chi connectivity index (χ4v) is 3.30. The van der Waals surface area contributed by atoms with Crippen molar-refractivity contribution in [3.05, 3.63) is 70.4 Å². The SMILES string of the molecule is O=C(c1ccccc1)N1CCc2[nH]c3ccc(Cl)cc3c2C1. The molecule has 2 heterocycles. The van der Waals surface area contributed by atoms with Crippen molar-refractivity contribution in [1.29, 1.82) is 0 Å². The Morgan fingerprint density at radius 1 is 1.14 bits per heavy atom. The van der Waals surface area contributed by atoms with Gasteiger partial charge < -0.3 is 9.88 Å². The van der Waals surface area contributed by atoms with Crippen molar-refractivity contribution in [2.45, 2.75) is 13.0 Å². The van der Waals surface area contributed by atoms with Gasteiger partial charge >= 0.3 is 0 Å². The number of nitrogens with zero attached hydrogens (tertiary/aromatic N) is 1. The molecule has 3 nitrogen and oxygen atoms in total. The van der Waals surface area contributed by atoms with Gasteiger partial charge in [0.15, 0.2) is 0 Å². The average molecular weight is 311 g/mol. The number of aromatic amines is 1. The maximum Gasteiger partial charge on any atom is 0.254 e. The summed E-state index contributed by atoms with van der Waals surface area (Å²) in [6.07, 6.45) is 0.847. The van der Waals surface area contributed by atoms with Crippen LogP contribution in [-0.2, 0) is 13.0 Å². The molecule has 1 amide bonds. The molecule has 0 bridgehead atoms. The number of carbonyl (C=O) groups excluding carboxylic acids is 1. The summed E-state index contributed by atoms with van der Waals surface area (Å²) in [6, 6.07) is 15.3. The number of benzene rings is 2. The summed E-state index contributed by atoms with van der Waals surface area (Å²) >= 11 is 6.12. The second-order valence-corrected chi connectivity index (χ2v) is 6.05. The van der Waals surface area contributed by atoms with E-state index >= 15 is 0 Å². The lowest BCUT2D eigenvalue weighted by atomic mass is 10.0. The Morgan fingerprint density at radius 2 is 1.95 bits per heavy atom. The summed E-state index contributed by atoms with van der Waals surface area (Å²) in [5, 5.41) is 1.84. The van der Waals surface area contributed by atoms with Gasteiger partial charge in [0.05, 0.1) is 0 Å². The zero-order valence-corrected chi connectivity index (χ0v) is 12.7. The number of nitrogens with one attached hydrogen (secondary N) is 1. The van der Waals surface area contributed by atoms with Crippen molar-refractivity contribution in [2.75, 3.05) is 6.54 Å². The standard InChI is InChI=1S/C18H15ClN2O/c19-13-6-7-16-14(10-13)15-11-21(9-8-17(15)20-16)18(22)12-4-2-1-3-5-12/h1-7,10,20H,8-9,11H2. The van der Waals surface area contributed by atoms with E-state index < -0.39 is 0 Å². The van der Waals surface area contributed by atoms with Gasteiger partial charge in [-0.2, -0.15) is 0 Å². The van der Waals surface area contributed by atoms with E-state index in [0.29, 0.717) is 6.54 Å². The minimum absolute atomic E-state index is 0.0858. The lowest BCUT2D eigenvalue weighted by molar-refractivity contribution is 0.0735. The molecule has 0 saturated carbocycles. The Balaban J connectivity index is 1.70. The van der Waals surface area contributed by atoms with Crippen LogP contribution in [0, 0.1) is 0 Å². The van der Waals surface area contributed by atoms with Gasteiger partial charge in [0.2, 0.25) is 0 Å². The Bertz CT molecular complexity index is 854. The molecule has 0 radical (unpaired) electrons. The van der Waals surface area contributed by atoms with E-state index in [2.05, 4.69) is 4.98 Å². The van der Waals surface area contributed by atoms with Crippen LogP contribution >= 0.6 is 11.6 Å². The van der Waals surface area contributed by atoms with E-state index in [1.807, 2.05) is 53.4 Å². The van der Waals surface area contributed by atoms with Crippen molar-refractivity contribution in [3.63, 3.8) is 0 Å². The van der Waals surface area contributed by atoms with Gasteiger partial charge in [-0.25, -0.2) is 0 Å². The highest BCUT2D eigenvalue weighted by atomic mass is 35.5. The minimum atomic E-state index is 0.0858. The second-order valence-electron chi connectivity index (χ2n) is 5.61. The molecule has 1 aliphatic rings. The minimum Gasteiger partial charge on any atom is -0.358 e. The summed E-state index contributed by atoms with van der Waals surface area (Å²) in [6.45, 7) is 1.37. The number of hydrogen-bond acceptors (Lipinski definition) is 1. The molecule has 4 rings (SSSR count). The summed E-state index contributed by atoms with van der Waals surface area (Å²) in [5.41, 5.74) is 4.23. The number of halogens is 1. The van der Waals surface area contributed by atoms with Crippen LogP contribution in [0.2, 0.25) is 5.02 Å². The van der Waals surface area contributed by atoms with Crippen LogP contribution in [0.5, 0.6) is 0 Å². The van der Waals surface area contributed by atoms with Crippen molar-refractivity contribution >= 4 is 28.4 Å². The first-order valence-electron chi connectivity index (χ1n) is 7.35. The van der Waals surface area contributed by atoms with Crippen LogP contribution in [0.4, 0.5) is 0 Å². The molecule has 1 aromatic heterocycles. The van der Waals surface area contributed by atoms with Crippen molar-refractivity contribution in [2.24, 2.45) is 0 Å². The molecule has 110 valence electrons. The maximum absolute atomic E-state index is 12.6. The van der Waals surface area contributed by atoms with Gasteiger partial charge in [-0.1, -0.05) is 29.8 Å². The number of aromatic nitrogens is 1. The lowest BCUT2D eigenvalue weighted by Gasteiger charge is -2.27. The Hall–Kier alpha value is -2.26. The first-order chi connectivity index (χ1) is 10.7. The Kier molecular flexibility index (Phi) is 3.16. The van der Waals surface area contributed by atoms with E-state index in [-0.39, 0.29) is 5.91 Å². The first-order valence-corrected chi connectivity index (χ1v) is 7.73. The number of hydrogen-bond donors (Lipinski definition) is 1. The molecule has 0 saturated heterocycles. The molecule has 0 fully saturated rings. The topological polar surface area (TPSA) is 36.1 Å². The summed E-state index contributed by atoms with van der Waals surface area (Å²) in [5.74, 6) is 0.0858. The monoisotopic (exact) mass is 310 g/mol. The summed E-state index contributed by atoms with van der Waals surface area (Å²) < 4.78 is 0. The van der Waals surface area contributed by atoms with E-state index in [1.54, 1.807) is 0 Å². The zero-order chi connectivity index (χ0) is 15.1. The molecule has 0 unspecified atom stereocenters. The van der Waals surface area contributed by atoms with E-state index in [9.17, 15) is 4.79 Å². The molecule has 1 N–H and O–H groups in total. The van der Waals surface area contributed by atoms with Crippen LogP contribution in [0.1, 0.15) is 21.6 Å². The van der Waals surface area contributed by atoms with Crippen molar-refractivity contribution < 1.29 is 4.79 Å². The number of rotatable bonds is 1. The van der Waals surface area contributed by atoms with Gasteiger partial charge in [-0.3, -0.25) is 4.79 Å². The third-order valence-corrected chi connectivity index (χ3v) is 4.48. The first kappa shape index (κ1) is 13.4. The number of amides is 1. The largest absolute Gasteiger partial charge is 0.358 e. The van der Waals surface area contributed by atoms with Gasteiger partial charge in [0.1, 0.15) is 0 Å². The predicted octanol–water partition coefficient (Wildman–Crippen LogP) is 4.02. The fourth-order valence-electron chi connectivity index (χ4n) is 3.12. The van der Waals surface area contributed by atoms with Crippen molar-refractivity contribution in [1.82, 2.24) is 9.88 Å². The molecule has 3 aromatic rings. The maximum atomic E-state index is 12.6. The number of fused-ring (bicyclic) bond motifs is 3. The summed E-state index contributed by atoms with van der Waals surface area (Å²) in [7, 11) is 0. The van der Waals surface area contributed by atoms with E-state index in [0.717, 1.165) is 34.5 Å². The molecule has 4 heteroatoms. The van der Waals surface area contributed by atoms with Gasteiger partial charge in [0, 0.05) is 52.3 Å². The quantitative estimate of drug-likeness (QED) is 0.724. The van der Waals surface area contributed by atoms with E-state index in [4.69, 9.17) is 11.6 Å². The number of H-pyrrole nitrogens is 1. The molecular formula is C18H15ClN2O. The van der Waals surface area contributed by atoms with Crippen LogP contribution in [-0.4, -0.2) is 22.3 Å². The van der Waals surface area contributed by atoms with Gasteiger partial charge in [-0.05, 0) is 30.3 Å². The van der Waals surface area contributed by atoms with E-state index in [1.165, 1.54) is 11.3 Å². The normalized spacial score (nSPS) is 14.1. The van der Waals surface area contributed by atoms with Gasteiger partial charge in [0.25, 0.3) is 5.91 Å². The Labute approximate surface area is 133 Å². The highest BCUT2D eigenvalue weighted by Crippen LogP contribution is 2.30. The van der Waals surface area contributed by atoms with Crippen LogP contribution < -0.4 is 0 Å². The zero-order valence-electron chi connectivity index (χ0n) is 12.0. The highest BCUT2D eigenvalue weighted by Gasteiger charge is 2.24. The van der Waals surface area contributed by atoms with Gasteiger partial charge in [-0.15, -0.1) is 0 Å². The third-order valence-electron chi connectivity index (χ3n) is 4.25. The lowest BCUT2D eigenvalue weighted by Crippen LogP contribution is -2.35. The van der Waals surface area contributed by atoms with Crippen LogP contribution in [0.15, 0.2) is 48.5 Å². The molecular weight excluding hydrogens is 296 g/mol. The van der Waals surface area contributed by atoms with Crippen LogP contribution in [0.3, 0.4) is 0 Å². The average Bonchev–Trinajstić information content (AvgIpc) is 2.92. The molecule has 0 aliphatic carbocycles. The molecule has 2 aromatic carbocycles. The third kappa shape index (κ3) is 2.18. The smallest absolute Gasteiger partial charge is 0.254 e. The molecule has 22 heavy (non-hydrogen) atoms. The summed E-state index contributed by atoms with van der Waals surface area (Å²) in [4.78, 5) is 18.0. The molecule has 0 atom stereocenters. The molecule has 1 aliphatic heterocycles. The highest BCUT2D eigenvalue weighted by molar-refractivity contribution is 6.31. The molecule has 0 spiro atoms. The van der Waals surface area contributed by atoms with Crippen LogP contribution in [0.25, 0.3) is 10.9 Å². The Morgan fingerprint density at radius 3 is 2.77 bits per heavy atom. The fraction of sp³-hybridized carbons (Fsp3) is 0.167.